The first-order valence-electron chi connectivity index (χ1n) is 7.49. The summed E-state index contributed by atoms with van der Waals surface area (Å²) >= 11 is 0. The van der Waals surface area contributed by atoms with E-state index in [4.69, 9.17) is 14.2 Å². The average molecular weight is 334 g/mol. The molecular formula is C15H14N2O7. The number of hydrogen-bond donors (Lipinski definition) is 1. The van der Waals surface area contributed by atoms with Crippen LogP contribution in [0.25, 0.3) is 0 Å². The maximum atomic E-state index is 12.1. The molecule has 1 N–H and O–H groups in total. The number of hydrogen-bond acceptors (Lipinski definition) is 9. The quantitative estimate of drug-likeness (QED) is 0.393. The molecule has 9 heteroatoms. The highest BCUT2D eigenvalue weighted by Crippen LogP contribution is 2.62. The summed E-state index contributed by atoms with van der Waals surface area (Å²) in [7, 11) is 2.46. The van der Waals surface area contributed by atoms with Crippen molar-refractivity contribution in [3.8, 4) is 0 Å². The third kappa shape index (κ3) is 1.66. The average Bonchev–Trinajstić information content (AvgIpc) is 3.24. The molecule has 3 fully saturated rings. The molecule has 4 aliphatic rings. The number of rotatable bonds is 2. The van der Waals surface area contributed by atoms with Crippen LogP contribution in [0.4, 0.5) is 0 Å². The first kappa shape index (κ1) is 14.9. The molecule has 0 amide bonds. The lowest BCUT2D eigenvalue weighted by Gasteiger charge is -2.33. The van der Waals surface area contributed by atoms with E-state index in [0.29, 0.717) is 12.0 Å². The number of methoxy groups -OCH3 is 2. The Balaban J connectivity index is 1.84. The smallest absolute Gasteiger partial charge is 0.355 e. The van der Waals surface area contributed by atoms with Crippen LogP contribution in [0.15, 0.2) is 16.4 Å². The highest BCUT2D eigenvalue weighted by Gasteiger charge is 2.67. The Kier molecular flexibility index (Phi) is 3.03. The molecule has 5 atom stereocenters. The molecule has 2 aliphatic carbocycles. The fourth-order valence-electron chi connectivity index (χ4n) is 4.58. The Labute approximate surface area is 136 Å². The minimum Gasteiger partial charge on any atom is -0.464 e. The van der Waals surface area contributed by atoms with Gasteiger partial charge in [-0.05, 0) is 23.8 Å². The molecule has 1 saturated heterocycles. The van der Waals surface area contributed by atoms with Crippen molar-refractivity contribution in [1.29, 1.82) is 0 Å². The zero-order chi connectivity index (χ0) is 17.2. The number of carbonyl (C=O) groups excluding carboxylic acids is 4. The van der Waals surface area contributed by atoms with Crippen LogP contribution >= 0.6 is 0 Å². The zero-order valence-electron chi connectivity index (χ0n) is 12.9. The molecule has 3 unspecified atom stereocenters. The topological polar surface area (TPSA) is 120 Å². The van der Waals surface area contributed by atoms with Crippen LogP contribution in [0, 0.1) is 29.6 Å². The van der Waals surface area contributed by atoms with Crippen LogP contribution in [0.1, 0.15) is 6.42 Å². The number of hydrazone groups is 1. The molecule has 0 spiro atoms. The van der Waals surface area contributed by atoms with E-state index in [2.05, 4.69) is 10.5 Å². The Morgan fingerprint density at radius 2 is 1.79 bits per heavy atom. The van der Waals surface area contributed by atoms with E-state index < -0.39 is 41.6 Å². The summed E-state index contributed by atoms with van der Waals surface area (Å²) in [6, 6.07) is 0. The second-order valence-electron chi connectivity index (χ2n) is 6.20. The van der Waals surface area contributed by atoms with Crippen molar-refractivity contribution in [2.45, 2.75) is 6.42 Å². The Morgan fingerprint density at radius 3 is 2.46 bits per heavy atom. The van der Waals surface area contributed by atoms with Crippen molar-refractivity contribution in [3.63, 3.8) is 0 Å². The molecular weight excluding hydrogens is 320 g/mol. The van der Waals surface area contributed by atoms with Gasteiger partial charge in [-0.3, -0.25) is 15.0 Å². The second kappa shape index (κ2) is 4.89. The predicted molar refractivity (Wildman–Crippen MR) is 74.8 cm³/mol. The van der Waals surface area contributed by atoms with E-state index in [1.165, 1.54) is 14.2 Å². The summed E-state index contributed by atoms with van der Waals surface area (Å²) in [6.45, 7) is 0. The highest BCUT2D eigenvalue weighted by atomic mass is 16.6. The van der Waals surface area contributed by atoms with Crippen molar-refractivity contribution in [2.24, 2.45) is 34.7 Å². The van der Waals surface area contributed by atoms with Gasteiger partial charge in [0.2, 0.25) is 0 Å². The van der Waals surface area contributed by atoms with E-state index in [1.807, 2.05) is 0 Å². The van der Waals surface area contributed by atoms with Crippen molar-refractivity contribution in [1.82, 2.24) is 5.43 Å². The maximum Gasteiger partial charge on any atom is 0.355 e. The largest absolute Gasteiger partial charge is 0.464 e. The summed E-state index contributed by atoms with van der Waals surface area (Å²) in [6.07, 6.45) is 0.508. The van der Waals surface area contributed by atoms with E-state index in [-0.39, 0.29) is 23.2 Å². The molecule has 0 aromatic carbocycles. The molecule has 126 valence electrons. The molecule has 4 rings (SSSR count). The lowest BCUT2D eigenvalue weighted by Crippen LogP contribution is -2.44. The lowest BCUT2D eigenvalue weighted by molar-refractivity contribution is -0.155. The van der Waals surface area contributed by atoms with E-state index in [9.17, 15) is 19.2 Å². The molecule has 2 heterocycles. The minimum atomic E-state index is -0.643. The second-order valence-corrected chi connectivity index (χ2v) is 6.20. The fourth-order valence-corrected chi connectivity index (χ4v) is 4.58. The fraction of sp³-hybridized carbons (Fsp3) is 0.533. The van der Waals surface area contributed by atoms with Crippen LogP contribution in [-0.4, -0.2) is 43.8 Å². The Hall–Kier alpha value is -2.71. The molecule has 2 saturated carbocycles. The number of fused-ring (bicyclic) bond motifs is 8. The number of nitrogens with zero attached hydrogens (tertiary/aromatic N) is 1. The van der Waals surface area contributed by atoms with Crippen molar-refractivity contribution < 1.29 is 33.4 Å². The number of nitrogens with one attached hydrogen (secondary N) is 1. The van der Waals surface area contributed by atoms with Gasteiger partial charge in [0.25, 0.3) is 0 Å². The van der Waals surface area contributed by atoms with Gasteiger partial charge in [0.1, 0.15) is 5.70 Å². The van der Waals surface area contributed by atoms with Crippen molar-refractivity contribution in [3.05, 3.63) is 11.3 Å². The van der Waals surface area contributed by atoms with E-state index in [0.717, 1.165) is 0 Å². The van der Waals surface area contributed by atoms with Crippen molar-refractivity contribution >= 4 is 29.6 Å². The number of carbonyl (C=O) groups is 4. The van der Waals surface area contributed by atoms with Gasteiger partial charge in [-0.2, -0.15) is 5.10 Å². The first-order chi connectivity index (χ1) is 11.5. The summed E-state index contributed by atoms with van der Waals surface area (Å²) in [5, 5.41) is 3.97. The number of allylic oxidation sites excluding steroid dienone is 1. The standard InChI is InChI=1S/C15H14N2O7/c1-22-14(20)10-6-4-3-5(9-8(4)12(18)24-13(9)19)7(6)11(17-16-10)15(21)23-2/h4-6,8-9,17H,3H2,1-2H3/t4-,5-,6?,8?,9?/m1/s1. The first-order valence-corrected chi connectivity index (χ1v) is 7.49. The van der Waals surface area contributed by atoms with Crippen LogP contribution in [0.2, 0.25) is 0 Å². The molecule has 2 aliphatic heterocycles. The molecule has 0 aromatic heterocycles. The van der Waals surface area contributed by atoms with Crippen LogP contribution in [0.3, 0.4) is 0 Å². The number of cyclic esters (lactones) is 2. The molecule has 9 nitrogen and oxygen atoms in total. The summed E-state index contributed by atoms with van der Waals surface area (Å²) < 4.78 is 14.3. The van der Waals surface area contributed by atoms with Gasteiger partial charge < -0.3 is 14.2 Å². The zero-order valence-corrected chi connectivity index (χ0v) is 12.9. The molecule has 0 aromatic rings. The maximum absolute atomic E-state index is 12.1. The van der Waals surface area contributed by atoms with Crippen molar-refractivity contribution in [2.75, 3.05) is 14.2 Å². The number of ether oxygens (including phenoxy) is 3. The third-order valence-electron chi connectivity index (χ3n) is 5.37. The SMILES string of the molecule is COC(=O)C1=NNC(C(=O)OC)=C2C1[C@H]1C[C@H]2C2C(=O)OC(=O)C21. The van der Waals surface area contributed by atoms with Crippen LogP contribution < -0.4 is 5.43 Å². The highest BCUT2D eigenvalue weighted by molar-refractivity contribution is 6.38. The minimum absolute atomic E-state index is 0.0956. The van der Waals surface area contributed by atoms with Gasteiger partial charge in [-0.15, -0.1) is 0 Å². The lowest BCUT2D eigenvalue weighted by atomic mass is 9.69. The van der Waals surface area contributed by atoms with Gasteiger partial charge >= 0.3 is 23.9 Å². The van der Waals surface area contributed by atoms with Gasteiger partial charge in [0.05, 0.1) is 26.1 Å². The summed E-state index contributed by atoms with van der Waals surface area (Å²) in [5.74, 6) is -4.89. The van der Waals surface area contributed by atoms with E-state index >= 15 is 0 Å². The van der Waals surface area contributed by atoms with Crippen LogP contribution in [0.5, 0.6) is 0 Å². The predicted octanol–water partition coefficient (Wildman–Crippen LogP) is -0.873. The monoisotopic (exact) mass is 334 g/mol. The van der Waals surface area contributed by atoms with Gasteiger partial charge in [0.15, 0.2) is 5.71 Å². The normalized spacial score (nSPS) is 35.8. The molecule has 2 bridgehead atoms. The van der Waals surface area contributed by atoms with Crippen LogP contribution in [-0.2, 0) is 33.4 Å². The van der Waals surface area contributed by atoms with E-state index in [1.54, 1.807) is 0 Å². The van der Waals surface area contributed by atoms with Gasteiger partial charge in [-0.25, -0.2) is 9.59 Å². The van der Waals surface area contributed by atoms with Gasteiger partial charge in [0, 0.05) is 5.92 Å². The summed E-state index contributed by atoms with van der Waals surface area (Å²) in [5.41, 5.74) is 3.35. The molecule has 0 radical (unpaired) electrons. The number of esters is 4. The molecule has 24 heavy (non-hydrogen) atoms. The Morgan fingerprint density at radius 1 is 1.12 bits per heavy atom. The third-order valence-corrected chi connectivity index (χ3v) is 5.37. The Bertz CT molecular complexity index is 753. The summed E-state index contributed by atoms with van der Waals surface area (Å²) in [4.78, 5) is 48.2. The van der Waals surface area contributed by atoms with Gasteiger partial charge in [-0.1, -0.05) is 0 Å².